The SMILES string of the molecule is C=CCNCCCCC(N)C(=O)O. The Morgan fingerprint density at radius 1 is 1.62 bits per heavy atom. The minimum absolute atomic E-state index is 0.547. The molecule has 0 aromatic heterocycles. The number of carboxylic acids is 1. The van der Waals surface area contributed by atoms with E-state index in [2.05, 4.69) is 11.9 Å². The summed E-state index contributed by atoms with van der Waals surface area (Å²) in [6, 6.07) is -0.709. The minimum atomic E-state index is -0.918. The van der Waals surface area contributed by atoms with E-state index in [0.717, 1.165) is 25.9 Å². The number of carbonyl (C=O) groups is 1. The molecule has 1 unspecified atom stereocenters. The summed E-state index contributed by atoms with van der Waals surface area (Å²) in [6.45, 7) is 5.25. The molecule has 0 bridgehead atoms. The molecule has 0 saturated carbocycles. The van der Waals surface area contributed by atoms with Gasteiger partial charge in [-0.1, -0.05) is 12.5 Å². The van der Waals surface area contributed by atoms with E-state index in [1.165, 1.54) is 0 Å². The summed E-state index contributed by atoms with van der Waals surface area (Å²) in [4.78, 5) is 10.3. The fourth-order valence-corrected chi connectivity index (χ4v) is 0.942. The molecule has 0 saturated heterocycles. The number of hydrogen-bond donors (Lipinski definition) is 3. The van der Waals surface area contributed by atoms with Gasteiger partial charge in [0.15, 0.2) is 0 Å². The molecule has 0 fully saturated rings. The first-order chi connectivity index (χ1) is 6.18. The van der Waals surface area contributed by atoms with Gasteiger partial charge in [0.1, 0.15) is 6.04 Å². The van der Waals surface area contributed by atoms with Crippen LogP contribution in [0.3, 0.4) is 0 Å². The second kappa shape index (κ2) is 7.76. The first-order valence-electron chi connectivity index (χ1n) is 4.48. The van der Waals surface area contributed by atoms with E-state index < -0.39 is 12.0 Å². The molecule has 13 heavy (non-hydrogen) atoms. The predicted octanol–water partition coefficient (Wildman–Crippen LogP) is 0.344. The zero-order valence-corrected chi connectivity index (χ0v) is 7.83. The summed E-state index contributed by atoms with van der Waals surface area (Å²) in [5.74, 6) is -0.918. The zero-order valence-electron chi connectivity index (χ0n) is 7.83. The van der Waals surface area contributed by atoms with Gasteiger partial charge in [-0.2, -0.15) is 0 Å². The number of nitrogens with two attached hydrogens (primary N) is 1. The molecule has 0 rings (SSSR count). The Balaban J connectivity index is 3.15. The lowest BCUT2D eigenvalue weighted by molar-refractivity contribution is -0.138. The third kappa shape index (κ3) is 7.49. The van der Waals surface area contributed by atoms with Crippen LogP contribution in [0.25, 0.3) is 0 Å². The second-order valence-corrected chi connectivity index (χ2v) is 2.93. The number of unbranched alkanes of at least 4 members (excludes halogenated alkanes) is 1. The van der Waals surface area contributed by atoms with Crippen LogP contribution < -0.4 is 11.1 Å². The predicted molar refractivity (Wildman–Crippen MR) is 52.5 cm³/mol. The van der Waals surface area contributed by atoms with E-state index in [9.17, 15) is 4.79 Å². The molecule has 0 amide bonds. The highest BCUT2D eigenvalue weighted by Gasteiger charge is 2.09. The van der Waals surface area contributed by atoms with Crippen LogP contribution in [0, 0.1) is 0 Å². The summed E-state index contributed by atoms with van der Waals surface area (Å²) < 4.78 is 0. The molecule has 0 aliphatic carbocycles. The third-order valence-electron chi connectivity index (χ3n) is 1.72. The smallest absolute Gasteiger partial charge is 0.320 e. The highest BCUT2D eigenvalue weighted by atomic mass is 16.4. The molecule has 4 N–H and O–H groups in total. The maximum absolute atomic E-state index is 10.3. The number of hydrogen-bond acceptors (Lipinski definition) is 3. The molecule has 76 valence electrons. The lowest BCUT2D eigenvalue weighted by atomic mass is 10.1. The van der Waals surface area contributed by atoms with E-state index >= 15 is 0 Å². The fraction of sp³-hybridized carbons (Fsp3) is 0.667. The number of carboxylic acid groups (broad SMARTS) is 1. The summed E-state index contributed by atoms with van der Waals surface area (Å²) in [5, 5.41) is 11.6. The highest BCUT2D eigenvalue weighted by Crippen LogP contribution is 1.97. The average molecular weight is 186 g/mol. The third-order valence-corrected chi connectivity index (χ3v) is 1.72. The summed E-state index contributed by atoms with van der Waals surface area (Å²) >= 11 is 0. The van der Waals surface area contributed by atoms with Crippen molar-refractivity contribution in [1.82, 2.24) is 5.32 Å². The van der Waals surface area contributed by atoms with Gasteiger partial charge in [-0.15, -0.1) is 6.58 Å². The van der Waals surface area contributed by atoms with Crippen molar-refractivity contribution in [2.24, 2.45) is 5.73 Å². The molecule has 4 heteroatoms. The van der Waals surface area contributed by atoms with Crippen LogP contribution in [0.4, 0.5) is 0 Å². The van der Waals surface area contributed by atoms with Crippen LogP contribution in [-0.4, -0.2) is 30.2 Å². The first-order valence-corrected chi connectivity index (χ1v) is 4.48. The largest absolute Gasteiger partial charge is 0.480 e. The Morgan fingerprint density at radius 3 is 2.85 bits per heavy atom. The van der Waals surface area contributed by atoms with Gasteiger partial charge in [-0.05, 0) is 19.4 Å². The number of rotatable bonds is 8. The monoisotopic (exact) mass is 186 g/mol. The van der Waals surface area contributed by atoms with E-state index in [-0.39, 0.29) is 0 Å². The molecule has 0 heterocycles. The van der Waals surface area contributed by atoms with E-state index in [1.807, 2.05) is 0 Å². The van der Waals surface area contributed by atoms with Crippen LogP contribution in [0.2, 0.25) is 0 Å². The van der Waals surface area contributed by atoms with Crippen molar-refractivity contribution < 1.29 is 9.90 Å². The lowest BCUT2D eigenvalue weighted by Crippen LogP contribution is -2.30. The van der Waals surface area contributed by atoms with Gasteiger partial charge >= 0.3 is 5.97 Å². The van der Waals surface area contributed by atoms with Crippen LogP contribution in [0.5, 0.6) is 0 Å². The first kappa shape index (κ1) is 12.1. The van der Waals surface area contributed by atoms with Crippen LogP contribution in [0.15, 0.2) is 12.7 Å². The van der Waals surface area contributed by atoms with Crippen molar-refractivity contribution in [1.29, 1.82) is 0 Å². The molecule has 1 atom stereocenters. The molecule has 0 spiro atoms. The van der Waals surface area contributed by atoms with Gasteiger partial charge < -0.3 is 16.2 Å². The molecule has 0 radical (unpaired) electrons. The molecule has 0 aliphatic rings. The Hall–Kier alpha value is -0.870. The zero-order chi connectivity index (χ0) is 10.1. The molecular weight excluding hydrogens is 168 g/mol. The quantitative estimate of drug-likeness (QED) is 0.377. The molecular formula is C9H18N2O2. The van der Waals surface area contributed by atoms with Crippen molar-refractivity contribution in [3.8, 4) is 0 Å². The maximum Gasteiger partial charge on any atom is 0.320 e. The minimum Gasteiger partial charge on any atom is -0.480 e. The van der Waals surface area contributed by atoms with Gasteiger partial charge in [0, 0.05) is 6.54 Å². The lowest BCUT2D eigenvalue weighted by Gasteiger charge is -2.05. The fourth-order valence-electron chi connectivity index (χ4n) is 0.942. The van der Waals surface area contributed by atoms with Gasteiger partial charge in [-0.25, -0.2) is 0 Å². The molecule has 4 nitrogen and oxygen atoms in total. The maximum atomic E-state index is 10.3. The van der Waals surface area contributed by atoms with Gasteiger partial charge in [0.05, 0.1) is 0 Å². The molecule has 0 aliphatic heterocycles. The highest BCUT2D eigenvalue weighted by molar-refractivity contribution is 5.72. The number of aliphatic carboxylic acids is 1. The van der Waals surface area contributed by atoms with Gasteiger partial charge in [0.2, 0.25) is 0 Å². The normalized spacial score (nSPS) is 12.4. The molecule has 0 aromatic carbocycles. The van der Waals surface area contributed by atoms with Crippen LogP contribution in [0.1, 0.15) is 19.3 Å². The Labute approximate surface area is 78.8 Å². The average Bonchev–Trinajstić information content (AvgIpc) is 2.10. The van der Waals surface area contributed by atoms with Crippen LogP contribution in [-0.2, 0) is 4.79 Å². The van der Waals surface area contributed by atoms with E-state index in [4.69, 9.17) is 10.8 Å². The van der Waals surface area contributed by atoms with E-state index in [1.54, 1.807) is 6.08 Å². The Morgan fingerprint density at radius 2 is 2.31 bits per heavy atom. The molecule has 0 aromatic rings. The Bertz CT molecular complexity index is 160. The summed E-state index contributed by atoms with van der Waals surface area (Å²) in [5.41, 5.74) is 5.32. The van der Waals surface area contributed by atoms with Gasteiger partial charge in [-0.3, -0.25) is 4.79 Å². The van der Waals surface area contributed by atoms with Crippen molar-refractivity contribution in [3.63, 3.8) is 0 Å². The summed E-state index contributed by atoms with van der Waals surface area (Å²) in [7, 11) is 0. The van der Waals surface area contributed by atoms with Crippen molar-refractivity contribution in [2.45, 2.75) is 25.3 Å². The Kier molecular flexibility index (Phi) is 7.24. The van der Waals surface area contributed by atoms with Gasteiger partial charge in [0.25, 0.3) is 0 Å². The van der Waals surface area contributed by atoms with E-state index in [0.29, 0.717) is 6.42 Å². The topological polar surface area (TPSA) is 75.3 Å². The van der Waals surface area contributed by atoms with Crippen molar-refractivity contribution in [3.05, 3.63) is 12.7 Å². The summed E-state index contributed by atoms with van der Waals surface area (Å²) in [6.07, 6.45) is 4.14. The van der Waals surface area contributed by atoms with Crippen molar-refractivity contribution in [2.75, 3.05) is 13.1 Å². The van der Waals surface area contributed by atoms with Crippen molar-refractivity contribution >= 4 is 5.97 Å². The van der Waals surface area contributed by atoms with Crippen LogP contribution >= 0.6 is 0 Å². The number of nitrogens with one attached hydrogen (secondary N) is 1. The second-order valence-electron chi connectivity index (χ2n) is 2.93. The standard InChI is InChI=1S/C9H18N2O2/c1-2-6-11-7-4-3-5-8(10)9(12)13/h2,8,11H,1,3-7,10H2,(H,12,13).